The number of furan rings is 1. The van der Waals surface area contributed by atoms with Crippen LogP contribution in [0, 0.1) is 5.92 Å². The molecule has 0 atom stereocenters. The van der Waals surface area contributed by atoms with Crippen LogP contribution in [0.1, 0.15) is 24.4 Å². The molecule has 3 aromatic rings. The van der Waals surface area contributed by atoms with Gasteiger partial charge >= 0.3 is 0 Å². The first kappa shape index (κ1) is 18.0. The average molecular weight is 388 g/mol. The molecule has 0 unspecified atom stereocenters. The number of carbonyl (C=O) groups is 2. The molecule has 134 valence electrons. The maximum atomic E-state index is 12.0. The van der Waals surface area contributed by atoms with E-state index >= 15 is 0 Å². The zero-order valence-corrected chi connectivity index (χ0v) is 15.7. The van der Waals surface area contributed by atoms with E-state index in [1.54, 1.807) is 32.0 Å². The Morgan fingerprint density at radius 2 is 2.04 bits per heavy atom. The fraction of sp³-hybridized carbons (Fsp3) is 0.176. The molecule has 2 heterocycles. The summed E-state index contributed by atoms with van der Waals surface area (Å²) < 4.78 is 5.92. The van der Waals surface area contributed by atoms with E-state index in [4.69, 9.17) is 16.6 Å². The highest BCUT2D eigenvalue weighted by Gasteiger charge is 2.13. The van der Waals surface area contributed by atoms with Crippen LogP contribution in [-0.4, -0.2) is 21.9 Å². The van der Waals surface area contributed by atoms with Gasteiger partial charge in [0.25, 0.3) is 5.91 Å². The van der Waals surface area contributed by atoms with Crippen LogP contribution in [0.3, 0.4) is 0 Å². The third kappa shape index (κ3) is 4.24. The lowest BCUT2D eigenvalue weighted by Crippen LogP contribution is -2.36. The smallest absolute Gasteiger partial charge is 0.293 e. The molecule has 0 saturated heterocycles. The number of hydrogen-bond donors (Lipinski definition) is 3. The molecule has 0 aliphatic heterocycles. The van der Waals surface area contributed by atoms with E-state index < -0.39 is 0 Å². The molecule has 7 nitrogen and oxygen atoms in total. The predicted molar refractivity (Wildman–Crippen MR) is 105 cm³/mol. The average Bonchev–Trinajstić information content (AvgIpc) is 3.23. The van der Waals surface area contributed by atoms with Crippen molar-refractivity contribution in [2.75, 3.05) is 10.6 Å². The Labute approximate surface area is 158 Å². The molecule has 2 amide bonds. The van der Waals surface area contributed by atoms with Crippen LogP contribution in [0.2, 0.25) is 0 Å². The zero-order valence-electron chi connectivity index (χ0n) is 14.0. The summed E-state index contributed by atoms with van der Waals surface area (Å²) in [5.74, 6) is -0.439. The molecule has 26 heavy (non-hydrogen) atoms. The predicted octanol–water partition coefficient (Wildman–Crippen LogP) is 3.61. The van der Waals surface area contributed by atoms with Gasteiger partial charge in [-0.15, -0.1) is 0 Å². The van der Waals surface area contributed by atoms with E-state index in [1.165, 1.54) is 17.6 Å². The van der Waals surface area contributed by atoms with E-state index in [0.717, 1.165) is 15.9 Å². The molecule has 3 N–H and O–H groups in total. The van der Waals surface area contributed by atoms with Gasteiger partial charge < -0.3 is 15.1 Å². The van der Waals surface area contributed by atoms with Crippen molar-refractivity contribution in [3.05, 3.63) is 42.4 Å². The number of carbonyl (C=O) groups excluding carboxylic acids is 2. The van der Waals surface area contributed by atoms with Crippen molar-refractivity contribution < 1.29 is 14.0 Å². The summed E-state index contributed by atoms with van der Waals surface area (Å²) >= 11 is 6.47. The van der Waals surface area contributed by atoms with Crippen LogP contribution in [0.25, 0.3) is 10.2 Å². The molecule has 1 aromatic carbocycles. The normalized spacial score (nSPS) is 10.7. The molecule has 2 aromatic heterocycles. The van der Waals surface area contributed by atoms with Gasteiger partial charge in [0.05, 0.1) is 16.5 Å². The number of benzene rings is 1. The van der Waals surface area contributed by atoms with Crippen molar-refractivity contribution in [3.8, 4) is 0 Å². The number of amides is 2. The zero-order chi connectivity index (χ0) is 18.7. The van der Waals surface area contributed by atoms with Gasteiger partial charge in [-0.25, -0.2) is 4.98 Å². The molecule has 0 fully saturated rings. The van der Waals surface area contributed by atoms with Crippen LogP contribution in [0.4, 0.5) is 10.8 Å². The van der Waals surface area contributed by atoms with Crippen LogP contribution < -0.4 is 16.0 Å². The summed E-state index contributed by atoms with van der Waals surface area (Å²) in [5.41, 5.74) is 1.46. The van der Waals surface area contributed by atoms with Gasteiger partial charge in [0.2, 0.25) is 5.91 Å². The minimum atomic E-state index is -0.356. The highest BCUT2D eigenvalue weighted by molar-refractivity contribution is 7.80. The number of aromatic nitrogens is 1. The van der Waals surface area contributed by atoms with Crippen molar-refractivity contribution in [1.29, 1.82) is 0 Å². The lowest BCUT2D eigenvalue weighted by molar-refractivity contribution is -0.122. The fourth-order valence-electron chi connectivity index (χ4n) is 2.04. The Morgan fingerprint density at radius 3 is 2.73 bits per heavy atom. The summed E-state index contributed by atoms with van der Waals surface area (Å²) in [7, 11) is 0. The topological polar surface area (TPSA) is 96.3 Å². The molecular formula is C17H16N4O3S2. The number of thiocarbonyl (C=S) groups is 1. The molecule has 0 aliphatic rings. The van der Waals surface area contributed by atoms with Crippen LogP contribution >= 0.6 is 23.6 Å². The van der Waals surface area contributed by atoms with Gasteiger partial charge in [0, 0.05) is 11.6 Å². The van der Waals surface area contributed by atoms with Gasteiger partial charge in [-0.05, 0) is 42.5 Å². The second-order valence-corrected chi connectivity index (χ2v) is 7.17. The van der Waals surface area contributed by atoms with E-state index in [9.17, 15) is 9.59 Å². The van der Waals surface area contributed by atoms with Crippen molar-refractivity contribution in [3.63, 3.8) is 0 Å². The quantitative estimate of drug-likeness (QED) is 0.591. The molecule has 0 bridgehead atoms. The SMILES string of the molecule is CC(C)C(=O)NC(=S)Nc1ccc2nc(NC(=O)c3ccco3)sc2c1. The van der Waals surface area contributed by atoms with Gasteiger partial charge in [0.1, 0.15) is 0 Å². The van der Waals surface area contributed by atoms with Gasteiger partial charge in [-0.3, -0.25) is 14.9 Å². The lowest BCUT2D eigenvalue weighted by Gasteiger charge is -2.10. The highest BCUT2D eigenvalue weighted by atomic mass is 32.1. The molecule has 0 saturated carbocycles. The van der Waals surface area contributed by atoms with E-state index in [-0.39, 0.29) is 28.6 Å². The second-order valence-electron chi connectivity index (χ2n) is 5.73. The molecule has 9 heteroatoms. The Morgan fingerprint density at radius 1 is 1.23 bits per heavy atom. The molecule has 0 spiro atoms. The number of anilines is 2. The third-order valence-electron chi connectivity index (χ3n) is 3.37. The molecule has 3 rings (SSSR count). The Kier molecular flexibility index (Phi) is 5.29. The van der Waals surface area contributed by atoms with E-state index in [2.05, 4.69) is 20.9 Å². The number of nitrogens with one attached hydrogen (secondary N) is 3. The van der Waals surface area contributed by atoms with Crippen LogP contribution in [0.5, 0.6) is 0 Å². The minimum Gasteiger partial charge on any atom is -0.459 e. The number of hydrogen-bond acceptors (Lipinski definition) is 6. The summed E-state index contributed by atoms with van der Waals surface area (Å²) in [6.07, 6.45) is 1.44. The number of rotatable bonds is 4. The maximum absolute atomic E-state index is 12.0. The minimum absolute atomic E-state index is 0.149. The van der Waals surface area contributed by atoms with Crippen LogP contribution in [-0.2, 0) is 4.79 Å². The van der Waals surface area contributed by atoms with E-state index in [0.29, 0.717) is 5.13 Å². The number of nitrogens with zero attached hydrogens (tertiary/aromatic N) is 1. The molecular weight excluding hydrogens is 372 g/mol. The highest BCUT2D eigenvalue weighted by Crippen LogP contribution is 2.28. The summed E-state index contributed by atoms with van der Waals surface area (Å²) in [6, 6.07) is 8.68. The standard InChI is InChI=1S/C17H16N4O3S2/c1-9(2)14(22)20-16(25)18-10-5-6-11-13(8-10)26-17(19-11)21-15(23)12-4-3-7-24-12/h3-9H,1-2H3,(H,19,21,23)(H2,18,20,22,25). The number of thiazole rings is 1. The van der Waals surface area contributed by atoms with Crippen molar-refractivity contribution in [2.24, 2.45) is 5.92 Å². The first-order chi connectivity index (χ1) is 12.4. The largest absolute Gasteiger partial charge is 0.459 e. The first-order valence-corrected chi connectivity index (χ1v) is 9.02. The van der Waals surface area contributed by atoms with Gasteiger partial charge in [0.15, 0.2) is 16.0 Å². The second kappa shape index (κ2) is 7.63. The third-order valence-corrected chi connectivity index (χ3v) is 4.51. The van der Waals surface area contributed by atoms with Gasteiger partial charge in [-0.1, -0.05) is 25.2 Å². The fourth-order valence-corrected chi connectivity index (χ4v) is 3.16. The molecule has 0 radical (unpaired) electrons. The van der Waals surface area contributed by atoms with Crippen molar-refractivity contribution >= 4 is 61.5 Å². The van der Waals surface area contributed by atoms with Crippen molar-refractivity contribution in [1.82, 2.24) is 10.3 Å². The van der Waals surface area contributed by atoms with Gasteiger partial charge in [-0.2, -0.15) is 0 Å². The number of fused-ring (bicyclic) bond motifs is 1. The van der Waals surface area contributed by atoms with Crippen molar-refractivity contribution in [2.45, 2.75) is 13.8 Å². The first-order valence-electron chi connectivity index (χ1n) is 7.79. The summed E-state index contributed by atoms with van der Waals surface area (Å²) in [6.45, 7) is 3.58. The Balaban J connectivity index is 1.70. The summed E-state index contributed by atoms with van der Waals surface area (Å²) in [4.78, 5) is 28.0. The molecule has 0 aliphatic carbocycles. The summed E-state index contributed by atoms with van der Waals surface area (Å²) in [5, 5.41) is 9.00. The monoisotopic (exact) mass is 388 g/mol. The lowest BCUT2D eigenvalue weighted by atomic mass is 10.2. The van der Waals surface area contributed by atoms with E-state index in [1.807, 2.05) is 12.1 Å². The Hall–Kier alpha value is -2.78. The maximum Gasteiger partial charge on any atom is 0.293 e. The van der Waals surface area contributed by atoms with Crippen LogP contribution in [0.15, 0.2) is 41.0 Å². The Bertz CT molecular complexity index is 964.